The molecule has 3 aliphatic heterocycles. The number of ether oxygens (including phenoxy) is 1. The van der Waals surface area contributed by atoms with Gasteiger partial charge in [0.1, 0.15) is 11.9 Å². The SMILES string of the molecule is Nc1nc(NCC2CCCO2)nc2c1NC(O)CN2Cc1cccc(CN2CCCC2)c1. The zero-order valence-corrected chi connectivity index (χ0v) is 18.5. The Labute approximate surface area is 189 Å². The molecule has 3 aliphatic rings. The third-order valence-electron chi connectivity index (χ3n) is 6.40. The summed E-state index contributed by atoms with van der Waals surface area (Å²) in [5.41, 5.74) is 9.32. The van der Waals surface area contributed by atoms with Crippen molar-refractivity contribution < 1.29 is 9.84 Å². The van der Waals surface area contributed by atoms with E-state index >= 15 is 0 Å². The van der Waals surface area contributed by atoms with Crippen LogP contribution in [-0.4, -0.2) is 65.1 Å². The lowest BCUT2D eigenvalue weighted by Gasteiger charge is -2.34. The van der Waals surface area contributed by atoms with Crippen LogP contribution in [-0.2, 0) is 17.8 Å². The second-order valence-corrected chi connectivity index (χ2v) is 8.99. The van der Waals surface area contributed by atoms with Crippen LogP contribution in [0.3, 0.4) is 0 Å². The summed E-state index contributed by atoms with van der Waals surface area (Å²) in [5, 5.41) is 16.7. The van der Waals surface area contributed by atoms with Crippen LogP contribution in [0.25, 0.3) is 0 Å². The number of benzene rings is 1. The second kappa shape index (κ2) is 9.48. The van der Waals surface area contributed by atoms with E-state index in [1.54, 1.807) is 0 Å². The maximum absolute atomic E-state index is 10.4. The molecule has 2 unspecified atom stereocenters. The highest BCUT2D eigenvalue weighted by Crippen LogP contribution is 2.34. The molecule has 4 heterocycles. The standard InChI is InChI=1S/C23H33N7O2/c24-21-20-22(28-23(27-21)25-12-18-7-4-10-32-18)30(15-19(31)26-20)14-17-6-3-5-16(11-17)13-29-8-1-2-9-29/h3,5-6,11,18-19,26,31H,1-2,4,7-10,12-15H2,(H3,24,25,27,28). The highest BCUT2D eigenvalue weighted by Gasteiger charge is 2.27. The van der Waals surface area contributed by atoms with Crippen LogP contribution in [0.2, 0.25) is 0 Å². The molecule has 2 aromatic rings. The molecule has 1 aromatic carbocycles. The normalized spacial score (nSPS) is 23.2. The molecule has 5 N–H and O–H groups in total. The van der Waals surface area contributed by atoms with Gasteiger partial charge in [-0.3, -0.25) is 4.90 Å². The summed E-state index contributed by atoms with van der Waals surface area (Å²) >= 11 is 0. The third kappa shape index (κ3) is 4.90. The van der Waals surface area contributed by atoms with Crippen molar-refractivity contribution in [3.05, 3.63) is 35.4 Å². The topological polar surface area (TPSA) is 112 Å². The predicted molar refractivity (Wildman–Crippen MR) is 126 cm³/mol. The average molecular weight is 440 g/mol. The van der Waals surface area contributed by atoms with E-state index < -0.39 is 6.23 Å². The minimum Gasteiger partial charge on any atom is -0.382 e. The van der Waals surface area contributed by atoms with Crippen LogP contribution in [0.15, 0.2) is 24.3 Å². The Morgan fingerprint density at radius 3 is 2.75 bits per heavy atom. The van der Waals surface area contributed by atoms with Crippen molar-refractivity contribution in [2.45, 2.75) is 51.1 Å². The van der Waals surface area contributed by atoms with Crippen LogP contribution in [0.4, 0.5) is 23.3 Å². The van der Waals surface area contributed by atoms with Gasteiger partial charge in [-0.1, -0.05) is 24.3 Å². The summed E-state index contributed by atoms with van der Waals surface area (Å²) in [7, 11) is 0. The van der Waals surface area contributed by atoms with E-state index in [-0.39, 0.29) is 6.10 Å². The first-order chi connectivity index (χ1) is 15.6. The summed E-state index contributed by atoms with van der Waals surface area (Å²) in [4.78, 5) is 13.7. The number of β-amino-alcohol motifs (C(OH)–C–C–N with tert-alkyl or cyclic N) is 1. The van der Waals surface area contributed by atoms with Crippen LogP contribution < -0.4 is 21.3 Å². The van der Waals surface area contributed by atoms with Gasteiger partial charge >= 0.3 is 0 Å². The largest absolute Gasteiger partial charge is 0.382 e. The van der Waals surface area contributed by atoms with Gasteiger partial charge in [-0.05, 0) is 49.9 Å². The molecule has 32 heavy (non-hydrogen) atoms. The first-order valence-electron chi connectivity index (χ1n) is 11.7. The van der Waals surface area contributed by atoms with E-state index in [4.69, 9.17) is 15.5 Å². The van der Waals surface area contributed by atoms with Gasteiger partial charge in [0.15, 0.2) is 11.6 Å². The first-order valence-corrected chi connectivity index (χ1v) is 11.7. The maximum Gasteiger partial charge on any atom is 0.226 e. The molecule has 2 atom stereocenters. The fourth-order valence-electron chi connectivity index (χ4n) is 4.82. The van der Waals surface area contributed by atoms with Gasteiger partial charge in [-0.25, -0.2) is 0 Å². The molecule has 2 saturated heterocycles. The zero-order valence-electron chi connectivity index (χ0n) is 18.5. The molecule has 0 saturated carbocycles. The van der Waals surface area contributed by atoms with Crippen LogP contribution in [0, 0.1) is 0 Å². The quantitative estimate of drug-likeness (QED) is 0.515. The van der Waals surface area contributed by atoms with Crippen molar-refractivity contribution in [2.75, 3.05) is 54.1 Å². The summed E-state index contributed by atoms with van der Waals surface area (Å²) in [5.74, 6) is 1.53. The van der Waals surface area contributed by atoms with E-state index in [9.17, 15) is 5.11 Å². The molecule has 0 amide bonds. The highest BCUT2D eigenvalue weighted by atomic mass is 16.5. The van der Waals surface area contributed by atoms with Crippen molar-refractivity contribution in [3.8, 4) is 0 Å². The zero-order chi connectivity index (χ0) is 21.9. The molecule has 9 nitrogen and oxygen atoms in total. The molecule has 172 valence electrons. The number of rotatable bonds is 7. The van der Waals surface area contributed by atoms with Gasteiger partial charge in [-0.15, -0.1) is 0 Å². The Morgan fingerprint density at radius 1 is 1.16 bits per heavy atom. The smallest absolute Gasteiger partial charge is 0.226 e. The summed E-state index contributed by atoms with van der Waals surface area (Å²) in [6.07, 6.45) is 4.17. The van der Waals surface area contributed by atoms with Crippen molar-refractivity contribution in [3.63, 3.8) is 0 Å². The van der Waals surface area contributed by atoms with Crippen LogP contribution in [0.1, 0.15) is 36.8 Å². The lowest BCUT2D eigenvalue weighted by Crippen LogP contribution is -2.42. The number of nitrogens with zero attached hydrogens (tertiary/aromatic N) is 4. The molecule has 0 spiro atoms. The number of hydrogen-bond donors (Lipinski definition) is 4. The van der Waals surface area contributed by atoms with Gasteiger partial charge in [0.05, 0.1) is 12.6 Å². The van der Waals surface area contributed by atoms with E-state index in [1.807, 2.05) is 0 Å². The number of nitrogens with one attached hydrogen (secondary N) is 2. The van der Waals surface area contributed by atoms with Crippen molar-refractivity contribution in [1.82, 2.24) is 14.9 Å². The van der Waals surface area contributed by atoms with Crippen molar-refractivity contribution in [2.24, 2.45) is 0 Å². The van der Waals surface area contributed by atoms with Gasteiger partial charge in [0, 0.05) is 26.2 Å². The number of nitrogens with two attached hydrogens (primary N) is 1. The molecule has 9 heteroatoms. The van der Waals surface area contributed by atoms with E-state index in [0.29, 0.717) is 42.9 Å². The van der Waals surface area contributed by atoms with E-state index in [2.05, 4.69) is 49.7 Å². The molecule has 0 bridgehead atoms. The Morgan fingerprint density at radius 2 is 1.97 bits per heavy atom. The van der Waals surface area contributed by atoms with Crippen molar-refractivity contribution in [1.29, 1.82) is 0 Å². The van der Waals surface area contributed by atoms with Crippen molar-refractivity contribution >= 4 is 23.3 Å². The molecule has 5 rings (SSSR count). The Kier molecular flexibility index (Phi) is 6.29. The maximum atomic E-state index is 10.4. The van der Waals surface area contributed by atoms with E-state index in [1.165, 1.54) is 37.1 Å². The number of hydrogen-bond acceptors (Lipinski definition) is 9. The first kappa shape index (κ1) is 21.2. The van der Waals surface area contributed by atoms with Gasteiger partial charge in [0.2, 0.25) is 5.95 Å². The summed E-state index contributed by atoms with van der Waals surface area (Å²) in [6, 6.07) is 8.69. The number of fused-ring (bicyclic) bond motifs is 1. The van der Waals surface area contributed by atoms with Gasteiger partial charge < -0.3 is 31.1 Å². The Hall–Kier alpha value is -2.62. The number of aromatic nitrogens is 2. The molecule has 0 aliphatic carbocycles. The summed E-state index contributed by atoms with van der Waals surface area (Å²) < 4.78 is 5.68. The number of aliphatic hydroxyl groups is 1. The van der Waals surface area contributed by atoms with E-state index in [0.717, 1.165) is 26.0 Å². The highest BCUT2D eigenvalue weighted by molar-refractivity contribution is 5.79. The number of likely N-dealkylation sites (tertiary alicyclic amines) is 1. The predicted octanol–water partition coefficient (Wildman–Crippen LogP) is 2.00. The Balaban J connectivity index is 1.33. The van der Waals surface area contributed by atoms with Crippen LogP contribution >= 0.6 is 0 Å². The number of aliphatic hydroxyl groups excluding tert-OH is 1. The third-order valence-corrected chi connectivity index (χ3v) is 6.40. The number of anilines is 4. The van der Waals surface area contributed by atoms with Gasteiger partial charge in [-0.2, -0.15) is 9.97 Å². The lowest BCUT2D eigenvalue weighted by atomic mass is 10.1. The van der Waals surface area contributed by atoms with Crippen LogP contribution in [0.5, 0.6) is 0 Å². The van der Waals surface area contributed by atoms with Gasteiger partial charge in [0.25, 0.3) is 0 Å². The molecule has 0 radical (unpaired) electrons. The minimum atomic E-state index is -0.730. The minimum absolute atomic E-state index is 0.185. The fraction of sp³-hybridized carbons (Fsp3) is 0.565. The molecule has 1 aromatic heterocycles. The average Bonchev–Trinajstić information content (AvgIpc) is 3.48. The molecular formula is C23H33N7O2. The summed E-state index contributed by atoms with van der Waals surface area (Å²) in [6.45, 7) is 5.88. The fourth-order valence-corrected chi connectivity index (χ4v) is 4.82. The lowest BCUT2D eigenvalue weighted by molar-refractivity contribution is 0.120. The molecular weight excluding hydrogens is 406 g/mol. The monoisotopic (exact) mass is 439 g/mol. The number of nitrogen functional groups attached to an aromatic ring is 1. The Bertz CT molecular complexity index is 929. The second-order valence-electron chi connectivity index (χ2n) is 8.99. The molecule has 2 fully saturated rings.